The number of ether oxygens (including phenoxy) is 4. The van der Waals surface area contributed by atoms with E-state index in [0.29, 0.717) is 12.3 Å². The van der Waals surface area contributed by atoms with Crippen LogP contribution in [-0.4, -0.2) is 155 Å². The second kappa shape index (κ2) is 22.5. The summed E-state index contributed by atoms with van der Waals surface area (Å²) in [5.41, 5.74) is -1.68. The monoisotopic (exact) mass is 830 g/mol. The zero-order chi connectivity index (χ0) is 42.7. The number of aliphatic hydroxyl groups is 8. The van der Waals surface area contributed by atoms with Gasteiger partial charge in [0.05, 0.1) is 18.8 Å². The number of nitrogens with zero attached hydrogens (tertiary/aromatic N) is 1. The lowest BCUT2D eigenvalue weighted by Crippen LogP contribution is -2.68. The summed E-state index contributed by atoms with van der Waals surface area (Å²) >= 11 is 0. The number of rotatable bonds is 20. The number of amides is 2. The average Bonchev–Trinajstić information content (AvgIpc) is 3.46. The minimum atomic E-state index is -1.85. The number of hydrogen-bond donors (Lipinski definition) is 11. The van der Waals surface area contributed by atoms with E-state index in [1.54, 1.807) is 6.08 Å². The molecular formula is C38H62N4O16. The lowest BCUT2D eigenvalue weighted by molar-refractivity contribution is -0.346. The molecule has 0 unspecified atom stereocenters. The molecule has 58 heavy (non-hydrogen) atoms. The van der Waals surface area contributed by atoms with E-state index in [4.69, 9.17) is 18.9 Å². The molecule has 3 aliphatic heterocycles. The van der Waals surface area contributed by atoms with Gasteiger partial charge in [-0.25, -0.2) is 4.79 Å². The predicted octanol–water partition coefficient (Wildman–Crippen LogP) is -2.48. The Morgan fingerprint density at radius 1 is 0.828 bits per heavy atom. The molecule has 1 aromatic rings. The van der Waals surface area contributed by atoms with Crippen molar-refractivity contribution in [2.75, 3.05) is 6.61 Å². The molecule has 4 heterocycles. The first kappa shape index (κ1) is 47.6. The Morgan fingerprint density at radius 2 is 1.41 bits per heavy atom. The third-order valence-corrected chi connectivity index (χ3v) is 10.7. The van der Waals surface area contributed by atoms with E-state index in [-0.39, 0.29) is 0 Å². The third kappa shape index (κ3) is 12.7. The van der Waals surface area contributed by atoms with Gasteiger partial charge in [0.2, 0.25) is 11.8 Å². The number of hydrogen-bond acceptors (Lipinski definition) is 16. The smallest absolute Gasteiger partial charge is 0.330 e. The summed E-state index contributed by atoms with van der Waals surface area (Å²) in [5.74, 6) is -0.641. The van der Waals surface area contributed by atoms with Crippen LogP contribution in [0.5, 0.6) is 0 Å². The number of carbonyl (C=O) groups excluding carboxylic acids is 2. The largest absolute Gasteiger partial charge is 0.394 e. The molecule has 0 aliphatic carbocycles. The first-order valence-corrected chi connectivity index (χ1v) is 20.1. The van der Waals surface area contributed by atoms with Crippen molar-refractivity contribution in [3.63, 3.8) is 0 Å². The molecule has 330 valence electrons. The highest BCUT2D eigenvalue weighted by Gasteiger charge is 2.53. The highest BCUT2D eigenvalue weighted by atomic mass is 16.8. The summed E-state index contributed by atoms with van der Waals surface area (Å²) in [5, 5.41) is 91.4. The SMILES string of the molecule is CC(=O)N[C@@H]1[C@H](O[C@@H]2O[C@H](C[C@H](O)[C@@H]3O[C@H](n4ccc(=O)[nH]c4=O)[C@H](O)[C@@H]3O)[C@H](O)[C@H](O)[C@@H]2NC(=O)/C=C/CCCCCCCCCC(C)C)O[C@H](CO)[C@H](O)[C@@H]1O. The molecule has 4 rings (SSSR count). The van der Waals surface area contributed by atoms with Crippen LogP contribution in [0.3, 0.4) is 0 Å². The van der Waals surface area contributed by atoms with Gasteiger partial charge in [0, 0.05) is 25.6 Å². The van der Waals surface area contributed by atoms with E-state index in [2.05, 4.69) is 24.5 Å². The third-order valence-electron chi connectivity index (χ3n) is 10.7. The van der Waals surface area contributed by atoms with Crippen molar-refractivity contribution in [3.05, 3.63) is 45.3 Å². The summed E-state index contributed by atoms with van der Waals surface area (Å²) in [6.45, 7) is 4.78. The van der Waals surface area contributed by atoms with E-state index in [1.165, 1.54) is 31.8 Å². The van der Waals surface area contributed by atoms with Gasteiger partial charge in [-0.15, -0.1) is 0 Å². The topological polar surface area (TPSA) is 312 Å². The van der Waals surface area contributed by atoms with Crippen molar-refractivity contribution in [2.45, 2.75) is 177 Å². The normalized spacial score (nSPS) is 34.7. The quantitative estimate of drug-likeness (QED) is 0.0479. The van der Waals surface area contributed by atoms with E-state index in [9.17, 15) is 60.0 Å². The van der Waals surface area contributed by atoms with Crippen molar-refractivity contribution in [3.8, 4) is 0 Å². The van der Waals surface area contributed by atoms with Gasteiger partial charge in [-0.2, -0.15) is 0 Å². The number of H-pyrrole nitrogens is 1. The van der Waals surface area contributed by atoms with Crippen LogP contribution in [0.1, 0.15) is 91.2 Å². The van der Waals surface area contributed by atoms with Crippen molar-refractivity contribution < 1.29 is 69.4 Å². The first-order chi connectivity index (χ1) is 27.5. The fourth-order valence-electron chi connectivity index (χ4n) is 7.45. The molecular weight excluding hydrogens is 768 g/mol. The van der Waals surface area contributed by atoms with Crippen LogP contribution >= 0.6 is 0 Å². The number of nitrogens with one attached hydrogen (secondary N) is 3. The van der Waals surface area contributed by atoms with Gasteiger partial charge in [-0.1, -0.05) is 64.9 Å². The molecule has 0 aromatic carbocycles. The highest BCUT2D eigenvalue weighted by Crippen LogP contribution is 2.34. The Balaban J connectivity index is 1.46. The minimum Gasteiger partial charge on any atom is -0.394 e. The second-order valence-electron chi connectivity index (χ2n) is 15.8. The van der Waals surface area contributed by atoms with Crippen LogP contribution in [-0.2, 0) is 28.5 Å². The standard InChI is InChI=1S/C38H62N4O16/c1-19(2)13-11-9-7-5-4-6-8-10-12-14-24(46)40-27-31(51)28(48)22(55-37(27)58-36-26(39-20(3)44)30(50)29(49)23(18-43)56-36)17-21(45)34-32(52)33(53)35(57-34)42-16-15-25(47)41-38(42)54/h12,14-16,19,21-23,26-37,43,45,48-53H,4-11,13,17-18H2,1-3H3,(H,39,44)(H,40,46)(H,41,47,54)/b14-12+/t21-,22+,23+,26-,27-,28-,29-,30+,31+,32-,33+,34-,35-,36-,37-/m0/s1. The predicted molar refractivity (Wildman–Crippen MR) is 202 cm³/mol. The van der Waals surface area contributed by atoms with E-state index >= 15 is 0 Å². The summed E-state index contributed by atoms with van der Waals surface area (Å²) in [4.78, 5) is 51.1. The fourth-order valence-corrected chi connectivity index (χ4v) is 7.45. The molecule has 0 bridgehead atoms. The first-order valence-electron chi connectivity index (χ1n) is 20.1. The molecule has 2 amide bonds. The van der Waals surface area contributed by atoms with E-state index in [1.807, 2.05) is 4.98 Å². The molecule has 0 spiro atoms. The number of carbonyl (C=O) groups is 2. The molecule has 20 heteroatoms. The van der Waals surface area contributed by atoms with Crippen LogP contribution in [0.4, 0.5) is 0 Å². The lowest BCUT2D eigenvalue weighted by atomic mass is 9.91. The fraction of sp³-hybridized carbons (Fsp3) is 0.789. The van der Waals surface area contributed by atoms with Crippen LogP contribution in [0, 0.1) is 5.92 Å². The molecule has 20 nitrogen and oxygen atoms in total. The number of aromatic nitrogens is 2. The molecule has 3 saturated heterocycles. The Kier molecular flexibility index (Phi) is 18.4. The number of unbranched alkanes of at least 4 members (excludes halogenated alkanes) is 7. The maximum absolute atomic E-state index is 13.1. The second-order valence-corrected chi connectivity index (χ2v) is 15.8. The maximum atomic E-state index is 13.1. The van der Waals surface area contributed by atoms with Gasteiger partial charge in [0.1, 0.15) is 60.9 Å². The van der Waals surface area contributed by atoms with Gasteiger partial charge in [0.25, 0.3) is 5.56 Å². The van der Waals surface area contributed by atoms with Crippen molar-refractivity contribution >= 4 is 11.8 Å². The Morgan fingerprint density at radius 3 is 2.02 bits per heavy atom. The van der Waals surface area contributed by atoms with Crippen LogP contribution in [0.15, 0.2) is 34.0 Å². The van der Waals surface area contributed by atoms with Crippen LogP contribution in [0.25, 0.3) is 0 Å². The minimum absolute atomic E-state index is 0.598. The molecule has 3 fully saturated rings. The number of allylic oxidation sites excluding steroid dienone is 1. The Bertz CT molecular complexity index is 1590. The molecule has 15 atom stereocenters. The summed E-state index contributed by atoms with van der Waals surface area (Å²) in [6.07, 6.45) is -8.97. The average molecular weight is 831 g/mol. The van der Waals surface area contributed by atoms with E-state index < -0.39 is 128 Å². The van der Waals surface area contributed by atoms with Crippen molar-refractivity contribution in [2.24, 2.45) is 5.92 Å². The molecule has 11 N–H and O–H groups in total. The van der Waals surface area contributed by atoms with Crippen molar-refractivity contribution in [1.29, 1.82) is 0 Å². The van der Waals surface area contributed by atoms with E-state index in [0.717, 1.165) is 49.4 Å². The van der Waals surface area contributed by atoms with Gasteiger partial charge in [-0.3, -0.25) is 23.9 Å². The molecule has 0 saturated carbocycles. The Labute approximate surface area is 335 Å². The van der Waals surface area contributed by atoms with Crippen LogP contribution in [0.2, 0.25) is 0 Å². The van der Waals surface area contributed by atoms with Gasteiger partial charge < -0.3 is 70.4 Å². The van der Waals surface area contributed by atoms with Gasteiger partial charge >= 0.3 is 5.69 Å². The lowest BCUT2D eigenvalue weighted by Gasteiger charge is -2.47. The molecule has 1 aromatic heterocycles. The summed E-state index contributed by atoms with van der Waals surface area (Å²) < 4.78 is 24.1. The zero-order valence-corrected chi connectivity index (χ0v) is 33.1. The highest BCUT2D eigenvalue weighted by molar-refractivity contribution is 5.87. The molecule has 0 radical (unpaired) electrons. The summed E-state index contributed by atoms with van der Waals surface area (Å²) in [6, 6.07) is -2.01. The van der Waals surface area contributed by atoms with Gasteiger partial charge in [0.15, 0.2) is 18.8 Å². The Hall–Kier alpha value is -3.12. The maximum Gasteiger partial charge on any atom is 0.330 e. The number of aromatic amines is 1. The van der Waals surface area contributed by atoms with Gasteiger partial charge in [-0.05, 0) is 24.8 Å². The van der Waals surface area contributed by atoms with Crippen molar-refractivity contribution in [1.82, 2.24) is 20.2 Å². The summed E-state index contributed by atoms with van der Waals surface area (Å²) in [7, 11) is 0. The zero-order valence-electron chi connectivity index (χ0n) is 33.1. The molecule has 3 aliphatic rings. The number of aliphatic hydroxyl groups excluding tert-OH is 8. The van der Waals surface area contributed by atoms with Crippen LogP contribution < -0.4 is 21.9 Å².